The molecule has 3 atom stereocenters. The van der Waals surface area contributed by atoms with Gasteiger partial charge in [-0.3, -0.25) is 0 Å². The molecule has 1 aromatic heterocycles. The fourth-order valence-corrected chi connectivity index (χ4v) is 19.1. The maximum Gasteiger partial charge on any atom is 0.0719 e. The first kappa shape index (κ1) is 44.4. The molecule has 2 bridgehead atoms. The Labute approximate surface area is 456 Å². The van der Waals surface area contributed by atoms with Gasteiger partial charge >= 0.3 is 0 Å². The van der Waals surface area contributed by atoms with Crippen LogP contribution in [-0.2, 0) is 16.2 Å². The first-order valence-corrected chi connectivity index (χ1v) is 29.2. The van der Waals surface area contributed by atoms with Crippen LogP contribution in [0, 0.1) is 23.7 Å². The molecule has 2 spiro atoms. The van der Waals surface area contributed by atoms with E-state index in [1.165, 1.54) is 135 Å². The molecule has 370 valence electrons. The Bertz CT molecular complexity index is 4220. The highest BCUT2D eigenvalue weighted by atomic mass is 32.1. The van der Waals surface area contributed by atoms with Crippen molar-refractivity contribution in [3.8, 4) is 44.5 Å². The standard InChI is InChI=1S/C75H59NS/c1-45-39-48-41-47-42-49(40-45)74(48)66-38-36-52(44-68(66)75(65-28-14-9-22-60(65)72(47)74)63-26-12-7-20-56(63)57-21-8-13-27-64(57)75)76(51-35-37-58-55-19-6-11-25-62(55)73(2,3)67(58)43-51)50-33-31-46(32-34-50)53-17-4-5-18-54(53)59-24-16-30-70-71(59)61-23-10-15-29-69(61)77-70/h4-38,43-45,47-49,72H,39-42H2,1-3H3/t45-,47+,48-,49-,72?,74?/m0/s1. The van der Waals surface area contributed by atoms with Crippen LogP contribution in [0.15, 0.2) is 224 Å². The Morgan fingerprint density at radius 2 is 0.935 bits per heavy atom. The van der Waals surface area contributed by atoms with Gasteiger partial charge in [-0.2, -0.15) is 0 Å². The van der Waals surface area contributed by atoms with Gasteiger partial charge in [-0.05, 0) is 193 Å². The lowest BCUT2D eigenvalue weighted by Gasteiger charge is -2.51. The first-order valence-electron chi connectivity index (χ1n) is 28.4. The Kier molecular flexibility index (Phi) is 9.16. The zero-order valence-electron chi connectivity index (χ0n) is 43.9. The van der Waals surface area contributed by atoms with Gasteiger partial charge in [-0.1, -0.05) is 197 Å². The molecule has 3 saturated carbocycles. The minimum atomic E-state index is -0.494. The highest BCUT2D eigenvalue weighted by Gasteiger charge is 2.70. The van der Waals surface area contributed by atoms with Crippen molar-refractivity contribution in [2.45, 2.75) is 68.6 Å². The van der Waals surface area contributed by atoms with E-state index >= 15 is 0 Å². The van der Waals surface area contributed by atoms with Crippen molar-refractivity contribution in [3.05, 3.63) is 269 Å². The molecule has 77 heavy (non-hydrogen) atoms. The molecule has 1 nitrogen and oxygen atoms in total. The van der Waals surface area contributed by atoms with E-state index in [2.05, 4.69) is 250 Å². The third kappa shape index (κ3) is 5.74. The summed E-state index contributed by atoms with van der Waals surface area (Å²) in [4.78, 5) is 2.61. The van der Waals surface area contributed by atoms with Crippen LogP contribution in [-0.4, -0.2) is 0 Å². The SMILES string of the molecule is CC1(C)c2ccccc2-c2ccc(N(c3ccc(-c4ccccc4-c4cccc5sc6ccccc6c45)cc3)c3ccc4c(c3)C3(c5ccccc5-c5ccccc53)c3ccccc3C3[C@H]5C[C@@H]6C[C@@H](C)C[C@@H](C5)C436)cc21. The van der Waals surface area contributed by atoms with Crippen molar-refractivity contribution >= 4 is 48.6 Å². The Hall–Kier alpha value is -7.78. The van der Waals surface area contributed by atoms with Crippen LogP contribution in [0.2, 0.25) is 0 Å². The maximum atomic E-state index is 2.72. The molecule has 0 saturated heterocycles. The monoisotopic (exact) mass is 1010 g/mol. The number of nitrogens with zero attached hydrogens (tertiary/aromatic N) is 1. The van der Waals surface area contributed by atoms with Crippen LogP contribution < -0.4 is 4.90 Å². The smallest absolute Gasteiger partial charge is 0.0719 e. The van der Waals surface area contributed by atoms with Gasteiger partial charge < -0.3 is 4.90 Å². The van der Waals surface area contributed by atoms with Crippen molar-refractivity contribution in [2.75, 3.05) is 4.90 Å². The van der Waals surface area contributed by atoms with Crippen molar-refractivity contribution in [1.82, 2.24) is 0 Å². The summed E-state index contributed by atoms with van der Waals surface area (Å²) in [5, 5.41) is 2.67. The zero-order valence-corrected chi connectivity index (χ0v) is 44.7. The topological polar surface area (TPSA) is 3.24 Å². The summed E-state index contributed by atoms with van der Waals surface area (Å²) in [5.41, 5.74) is 25.3. The fraction of sp³-hybridized carbons (Fsp3) is 0.200. The van der Waals surface area contributed by atoms with Crippen LogP contribution in [0.4, 0.5) is 17.1 Å². The minimum Gasteiger partial charge on any atom is -0.310 e. The van der Waals surface area contributed by atoms with Crippen LogP contribution in [0.5, 0.6) is 0 Å². The van der Waals surface area contributed by atoms with Gasteiger partial charge in [0.2, 0.25) is 0 Å². The molecule has 0 aliphatic heterocycles. The van der Waals surface area contributed by atoms with Crippen LogP contribution in [0.25, 0.3) is 64.7 Å². The lowest BCUT2D eigenvalue weighted by Crippen LogP contribution is -2.46. The number of anilines is 3. The van der Waals surface area contributed by atoms with Crippen molar-refractivity contribution in [2.24, 2.45) is 23.7 Å². The summed E-state index contributed by atoms with van der Waals surface area (Å²) in [6, 6.07) is 87.5. The molecule has 6 aliphatic rings. The van der Waals surface area contributed by atoms with Crippen LogP contribution in [0.3, 0.4) is 0 Å². The summed E-state index contributed by atoms with van der Waals surface area (Å²) in [5.74, 6) is 3.28. The maximum absolute atomic E-state index is 2.72. The molecule has 6 aliphatic carbocycles. The number of fused-ring (bicyclic) bond motifs is 15. The normalized spacial score (nSPS) is 22.9. The average molecular weight is 1010 g/mol. The van der Waals surface area contributed by atoms with E-state index in [0.717, 1.165) is 11.6 Å². The second-order valence-electron chi connectivity index (χ2n) is 24.4. The number of hydrogen-bond donors (Lipinski definition) is 0. The minimum absolute atomic E-state index is 0.0833. The zero-order chi connectivity index (χ0) is 50.9. The molecule has 0 N–H and O–H groups in total. The van der Waals surface area contributed by atoms with E-state index in [9.17, 15) is 0 Å². The summed E-state index contributed by atoms with van der Waals surface area (Å²) in [7, 11) is 0. The third-order valence-electron chi connectivity index (χ3n) is 20.6. The van der Waals surface area contributed by atoms with E-state index in [4.69, 9.17) is 0 Å². The third-order valence-corrected chi connectivity index (χ3v) is 21.7. The lowest BCUT2D eigenvalue weighted by atomic mass is 9.53. The van der Waals surface area contributed by atoms with E-state index in [1.54, 1.807) is 11.1 Å². The fourth-order valence-electron chi connectivity index (χ4n) is 18.0. The summed E-state index contributed by atoms with van der Waals surface area (Å²) in [6.45, 7) is 7.39. The quantitative estimate of drug-likeness (QED) is 0.166. The average Bonchev–Trinajstić information content (AvgIpc) is 2.58. The summed E-state index contributed by atoms with van der Waals surface area (Å²) >= 11 is 1.89. The van der Waals surface area contributed by atoms with E-state index in [-0.39, 0.29) is 10.8 Å². The van der Waals surface area contributed by atoms with Gasteiger partial charge in [-0.25, -0.2) is 0 Å². The van der Waals surface area contributed by atoms with Gasteiger partial charge in [0.25, 0.3) is 0 Å². The van der Waals surface area contributed by atoms with Gasteiger partial charge in [0.05, 0.1) is 5.41 Å². The number of thiophene rings is 1. The summed E-state index contributed by atoms with van der Waals surface area (Å²) in [6.07, 6.45) is 5.33. The van der Waals surface area contributed by atoms with Gasteiger partial charge in [0, 0.05) is 48.1 Å². The van der Waals surface area contributed by atoms with Crippen molar-refractivity contribution in [3.63, 3.8) is 0 Å². The van der Waals surface area contributed by atoms with E-state index < -0.39 is 5.41 Å². The van der Waals surface area contributed by atoms with Gasteiger partial charge in [-0.15, -0.1) is 11.3 Å². The predicted molar refractivity (Wildman–Crippen MR) is 322 cm³/mol. The highest BCUT2D eigenvalue weighted by molar-refractivity contribution is 7.25. The van der Waals surface area contributed by atoms with E-state index in [1.807, 2.05) is 11.3 Å². The highest BCUT2D eigenvalue weighted by Crippen LogP contribution is 2.77. The van der Waals surface area contributed by atoms with Crippen LogP contribution >= 0.6 is 11.3 Å². The van der Waals surface area contributed by atoms with Crippen molar-refractivity contribution < 1.29 is 0 Å². The van der Waals surface area contributed by atoms with Gasteiger partial charge in [0.1, 0.15) is 0 Å². The van der Waals surface area contributed by atoms with Crippen molar-refractivity contribution in [1.29, 1.82) is 0 Å². The second-order valence-corrected chi connectivity index (χ2v) is 25.5. The summed E-state index contributed by atoms with van der Waals surface area (Å²) < 4.78 is 2.66. The van der Waals surface area contributed by atoms with E-state index in [0.29, 0.717) is 23.7 Å². The number of hydrogen-bond acceptors (Lipinski definition) is 2. The lowest BCUT2D eigenvalue weighted by molar-refractivity contribution is 0.0823. The Morgan fingerprint density at radius 3 is 1.66 bits per heavy atom. The molecular weight excluding hydrogens is 947 g/mol. The molecule has 0 amide bonds. The molecule has 17 rings (SSSR count). The molecular formula is C75H59NS. The van der Waals surface area contributed by atoms with Crippen LogP contribution in [0.1, 0.15) is 96.9 Å². The second kappa shape index (κ2) is 15.9. The first-order chi connectivity index (χ1) is 37.8. The Morgan fingerprint density at radius 1 is 0.403 bits per heavy atom. The largest absolute Gasteiger partial charge is 0.310 e. The molecule has 3 fully saturated rings. The Balaban J connectivity index is 0.913. The number of rotatable bonds is 5. The van der Waals surface area contributed by atoms with Gasteiger partial charge in [0.15, 0.2) is 0 Å². The molecule has 1 unspecified atom stereocenters. The molecule has 0 radical (unpaired) electrons. The molecule has 2 heteroatoms. The molecule has 10 aromatic carbocycles. The number of benzene rings is 10. The molecule has 11 aromatic rings. The molecule has 1 heterocycles. The predicted octanol–water partition coefficient (Wildman–Crippen LogP) is 19.9.